The van der Waals surface area contributed by atoms with Crippen molar-refractivity contribution in [1.82, 2.24) is 4.57 Å². The lowest BCUT2D eigenvalue weighted by Gasteiger charge is -2.11. The lowest BCUT2D eigenvalue weighted by atomic mass is 10.1. The number of fused-ring (bicyclic) bond motifs is 1. The molecular formula is C26H19ClN2O2S. The summed E-state index contributed by atoms with van der Waals surface area (Å²) in [4.78, 5) is 27.4. The van der Waals surface area contributed by atoms with Gasteiger partial charge >= 0.3 is 0 Å². The van der Waals surface area contributed by atoms with Crippen molar-refractivity contribution in [1.29, 1.82) is 0 Å². The Labute approximate surface area is 195 Å². The number of hydrogen-bond acceptors (Lipinski definition) is 3. The molecule has 3 aromatic carbocycles. The van der Waals surface area contributed by atoms with Crippen molar-refractivity contribution < 1.29 is 9.59 Å². The van der Waals surface area contributed by atoms with Gasteiger partial charge in [-0.2, -0.15) is 0 Å². The molecule has 0 spiro atoms. The van der Waals surface area contributed by atoms with E-state index in [0.29, 0.717) is 22.2 Å². The third kappa shape index (κ3) is 3.64. The largest absolute Gasteiger partial charge is 0.340 e. The molecule has 2 amide bonds. The highest BCUT2D eigenvalue weighted by atomic mass is 35.5. The van der Waals surface area contributed by atoms with E-state index in [1.165, 1.54) is 4.90 Å². The first-order valence-corrected chi connectivity index (χ1v) is 11.4. The van der Waals surface area contributed by atoms with Crippen LogP contribution in [0.15, 0.2) is 83.8 Å². The summed E-state index contributed by atoms with van der Waals surface area (Å²) in [6.45, 7) is 2.73. The minimum Gasteiger partial charge on any atom is -0.340 e. The predicted molar refractivity (Wildman–Crippen MR) is 132 cm³/mol. The highest BCUT2D eigenvalue weighted by molar-refractivity contribution is 8.19. The second-order valence-corrected chi connectivity index (χ2v) is 9.01. The van der Waals surface area contributed by atoms with E-state index >= 15 is 0 Å². The molecule has 0 N–H and O–H groups in total. The zero-order valence-electron chi connectivity index (χ0n) is 17.3. The van der Waals surface area contributed by atoms with Crippen molar-refractivity contribution in [2.75, 3.05) is 4.90 Å². The normalized spacial score (nSPS) is 15.3. The third-order valence-corrected chi connectivity index (χ3v) is 6.74. The molecule has 1 aliphatic heterocycles. The predicted octanol–water partition coefficient (Wildman–Crippen LogP) is 6.89. The summed E-state index contributed by atoms with van der Waals surface area (Å²) in [5.41, 5.74) is 4.78. The second kappa shape index (κ2) is 8.34. The minimum absolute atomic E-state index is 0.282. The Hall–Kier alpha value is -3.28. The number of imide groups is 1. The van der Waals surface area contributed by atoms with Gasteiger partial charge in [-0.25, -0.2) is 4.90 Å². The Kier molecular flexibility index (Phi) is 5.37. The summed E-state index contributed by atoms with van der Waals surface area (Å²) in [6.07, 6.45) is 1.85. The number of rotatable bonds is 4. The molecular weight excluding hydrogens is 440 g/mol. The van der Waals surface area contributed by atoms with Gasteiger partial charge in [-0.05, 0) is 60.7 Å². The first-order valence-electron chi connectivity index (χ1n) is 10.2. The number of nitrogens with zero attached hydrogens (tertiary/aromatic N) is 2. The first-order chi connectivity index (χ1) is 15.5. The number of carbonyl (C=O) groups excluding carboxylic acids is 2. The number of aromatic nitrogens is 1. The average Bonchev–Trinajstić information content (AvgIpc) is 3.23. The van der Waals surface area contributed by atoms with Gasteiger partial charge in [0, 0.05) is 33.7 Å². The quantitative estimate of drug-likeness (QED) is 0.312. The van der Waals surface area contributed by atoms with Gasteiger partial charge in [0.2, 0.25) is 0 Å². The SMILES string of the molecule is Cc1c(/C=C2\SC(=O)N(c3ccccc3)C2=O)c2ccccc2n1Cc1ccc(Cl)cc1. The maximum absolute atomic E-state index is 13.1. The van der Waals surface area contributed by atoms with Gasteiger partial charge in [0.15, 0.2) is 0 Å². The summed E-state index contributed by atoms with van der Waals surface area (Å²) in [6, 6.07) is 24.9. The zero-order chi connectivity index (χ0) is 22.2. The molecule has 2 heterocycles. The molecule has 4 nitrogen and oxygen atoms in total. The van der Waals surface area contributed by atoms with Gasteiger partial charge in [0.25, 0.3) is 11.1 Å². The fraction of sp³-hybridized carbons (Fsp3) is 0.0769. The summed E-state index contributed by atoms with van der Waals surface area (Å²) in [7, 11) is 0. The van der Waals surface area contributed by atoms with Crippen LogP contribution in [0.1, 0.15) is 16.8 Å². The van der Waals surface area contributed by atoms with E-state index in [4.69, 9.17) is 11.6 Å². The molecule has 1 aromatic heterocycles. The number of anilines is 1. The van der Waals surface area contributed by atoms with Crippen LogP contribution in [0, 0.1) is 6.92 Å². The lowest BCUT2D eigenvalue weighted by Crippen LogP contribution is -2.27. The molecule has 1 saturated heterocycles. The van der Waals surface area contributed by atoms with E-state index in [1.807, 2.05) is 73.7 Å². The topological polar surface area (TPSA) is 42.3 Å². The number of para-hydroxylation sites is 2. The number of amides is 2. The van der Waals surface area contributed by atoms with E-state index in [2.05, 4.69) is 10.6 Å². The van der Waals surface area contributed by atoms with Gasteiger partial charge in [0.1, 0.15) is 0 Å². The number of hydrogen-bond donors (Lipinski definition) is 0. The minimum atomic E-state index is -0.292. The van der Waals surface area contributed by atoms with Gasteiger partial charge in [-0.15, -0.1) is 0 Å². The average molecular weight is 459 g/mol. The Morgan fingerprint density at radius 3 is 2.34 bits per heavy atom. The van der Waals surface area contributed by atoms with Gasteiger partial charge in [-0.1, -0.05) is 60.1 Å². The number of carbonyl (C=O) groups is 2. The number of halogens is 1. The van der Waals surface area contributed by atoms with Crippen molar-refractivity contribution in [2.24, 2.45) is 0 Å². The fourth-order valence-electron chi connectivity index (χ4n) is 4.01. The van der Waals surface area contributed by atoms with Crippen LogP contribution in [0.4, 0.5) is 10.5 Å². The Morgan fingerprint density at radius 1 is 0.906 bits per heavy atom. The zero-order valence-corrected chi connectivity index (χ0v) is 18.9. The van der Waals surface area contributed by atoms with Crippen LogP contribution in [0.5, 0.6) is 0 Å². The molecule has 1 fully saturated rings. The molecule has 0 unspecified atom stereocenters. The van der Waals surface area contributed by atoms with E-state index < -0.39 is 0 Å². The third-order valence-electron chi connectivity index (χ3n) is 5.62. The van der Waals surface area contributed by atoms with Gasteiger partial charge in [0.05, 0.1) is 10.6 Å². The molecule has 32 heavy (non-hydrogen) atoms. The molecule has 0 atom stereocenters. The molecule has 0 aliphatic carbocycles. The van der Waals surface area contributed by atoms with Crippen LogP contribution < -0.4 is 4.90 Å². The van der Waals surface area contributed by atoms with Crippen LogP contribution >= 0.6 is 23.4 Å². The summed E-state index contributed by atoms with van der Waals surface area (Å²) < 4.78 is 2.23. The number of benzene rings is 3. The molecule has 0 bridgehead atoms. The van der Waals surface area contributed by atoms with E-state index in [1.54, 1.807) is 12.1 Å². The van der Waals surface area contributed by atoms with Crippen molar-refractivity contribution in [3.05, 3.63) is 106 Å². The summed E-state index contributed by atoms with van der Waals surface area (Å²) >= 11 is 7.02. The standard InChI is InChI=1S/C26H19ClN2O2S/c1-17-22(15-24-25(30)29(26(31)32-24)20-7-3-2-4-8-20)21-9-5-6-10-23(21)28(17)16-18-11-13-19(27)14-12-18/h2-15H,16H2,1H3/b24-15-. The Bertz CT molecular complexity index is 1370. The highest BCUT2D eigenvalue weighted by Gasteiger charge is 2.36. The maximum Gasteiger partial charge on any atom is 0.298 e. The van der Waals surface area contributed by atoms with Crippen LogP contribution in [0.2, 0.25) is 5.02 Å². The molecule has 1 aliphatic rings. The number of thioether (sulfide) groups is 1. The molecule has 0 radical (unpaired) electrons. The van der Waals surface area contributed by atoms with Crippen LogP contribution in [-0.2, 0) is 11.3 Å². The summed E-state index contributed by atoms with van der Waals surface area (Å²) in [5, 5.41) is 1.47. The van der Waals surface area contributed by atoms with E-state index in [9.17, 15) is 9.59 Å². The fourth-order valence-corrected chi connectivity index (χ4v) is 4.96. The van der Waals surface area contributed by atoms with Crippen LogP contribution in [0.25, 0.3) is 17.0 Å². The van der Waals surface area contributed by atoms with Gasteiger partial charge in [-0.3, -0.25) is 9.59 Å². The van der Waals surface area contributed by atoms with Crippen molar-refractivity contribution >= 4 is 57.2 Å². The first kappa shape index (κ1) is 20.6. The lowest BCUT2D eigenvalue weighted by molar-refractivity contribution is -0.113. The second-order valence-electron chi connectivity index (χ2n) is 7.58. The van der Waals surface area contributed by atoms with Crippen LogP contribution in [-0.4, -0.2) is 15.7 Å². The summed E-state index contributed by atoms with van der Waals surface area (Å²) in [5.74, 6) is -0.292. The molecule has 158 valence electrons. The van der Waals surface area contributed by atoms with Crippen molar-refractivity contribution in [3.8, 4) is 0 Å². The Morgan fingerprint density at radius 2 is 1.59 bits per heavy atom. The van der Waals surface area contributed by atoms with Crippen molar-refractivity contribution in [3.63, 3.8) is 0 Å². The highest BCUT2D eigenvalue weighted by Crippen LogP contribution is 2.38. The van der Waals surface area contributed by atoms with E-state index in [0.717, 1.165) is 39.5 Å². The molecule has 4 aromatic rings. The monoisotopic (exact) mass is 458 g/mol. The van der Waals surface area contributed by atoms with E-state index in [-0.39, 0.29) is 11.1 Å². The van der Waals surface area contributed by atoms with Crippen molar-refractivity contribution in [2.45, 2.75) is 13.5 Å². The Balaban J connectivity index is 1.57. The van der Waals surface area contributed by atoms with Gasteiger partial charge < -0.3 is 4.57 Å². The molecule has 0 saturated carbocycles. The smallest absolute Gasteiger partial charge is 0.298 e. The molecule has 6 heteroatoms. The molecule has 5 rings (SSSR count). The maximum atomic E-state index is 13.1. The van der Waals surface area contributed by atoms with Crippen LogP contribution in [0.3, 0.4) is 0 Å².